The van der Waals surface area contributed by atoms with E-state index in [0.29, 0.717) is 13.0 Å². The Morgan fingerprint density at radius 3 is 3.06 bits per heavy atom. The Balaban J connectivity index is 2.27. The van der Waals surface area contributed by atoms with Crippen molar-refractivity contribution in [3.63, 3.8) is 0 Å². The molecule has 0 spiro atoms. The molecular weight excluding hydrogens is 202 g/mol. The SMILES string of the molecule is [C-]#[N+]Cc1cccc2c1CC(C(=O)OC)C2. The second kappa shape index (κ2) is 4.36. The molecule has 0 saturated carbocycles. The fourth-order valence-electron chi connectivity index (χ4n) is 2.29. The van der Waals surface area contributed by atoms with E-state index in [1.165, 1.54) is 18.2 Å². The highest BCUT2D eigenvalue weighted by atomic mass is 16.5. The third kappa shape index (κ3) is 1.79. The van der Waals surface area contributed by atoms with Gasteiger partial charge in [0.1, 0.15) is 0 Å². The Morgan fingerprint density at radius 1 is 1.56 bits per heavy atom. The maximum absolute atomic E-state index is 11.5. The lowest BCUT2D eigenvalue weighted by Gasteiger charge is -2.04. The first-order valence-corrected chi connectivity index (χ1v) is 5.27. The highest BCUT2D eigenvalue weighted by Crippen LogP contribution is 2.30. The number of methoxy groups -OCH3 is 1. The minimum atomic E-state index is -0.148. The number of ether oxygens (including phenoxy) is 1. The standard InChI is InChI=1S/C13H13NO2/c1-14-8-10-5-3-4-9-6-11(7-12(9)10)13(15)16-2/h3-5,11H,6-8H2,2H3. The van der Waals surface area contributed by atoms with Gasteiger partial charge in [0.05, 0.1) is 13.0 Å². The molecule has 1 aromatic carbocycles. The van der Waals surface area contributed by atoms with Crippen LogP contribution in [-0.2, 0) is 28.9 Å². The summed E-state index contributed by atoms with van der Waals surface area (Å²) in [5, 5.41) is 0. The van der Waals surface area contributed by atoms with Crippen LogP contribution < -0.4 is 0 Å². The average molecular weight is 215 g/mol. The number of esters is 1. The zero-order valence-corrected chi connectivity index (χ0v) is 9.19. The summed E-state index contributed by atoms with van der Waals surface area (Å²) in [6.07, 6.45) is 1.46. The van der Waals surface area contributed by atoms with Gasteiger partial charge in [0, 0.05) is 5.56 Å². The topological polar surface area (TPSA) is 30.7 Å². The molecule has 3 heteroatoms. The highest BCUT2D eigenvalue weighted by molar-refractivity contribution is 5.74. The van der Waals surface area contributed by atoms with Gasteiger partial charge in [-0.3, -0.25) is 4.79 Å². The van der Waals surface area contributed by atoms with Gasteiger partial charge in [-0.1, -0.05) is 18.2 Å². The Hall–Kier alpha value is -1.82. The minimum absolute atomic E-state index is 0.0631. The van der Waals surface area contributed by atoms with Crippen LogP contribution in [-0.4, -0.2) is 13.1 Å². The van der Waals surface area contributed by atoms with Crippen LogP contribution in [0.2, 0.25) is 0 Å². The normalized spacial score (nSPS) is 17.6. The van der Waals surface area contributed by atoms with E-state index in [9.17, 15) is 4.79 Å². The van der Waals surface area contributed by atoms with Gasteiger partial charge in [-0.2, -0.15) is 0 Å². The van der Waals surface area contributed by atoms with Gasteiger partial charge in [-0.15, -0.1) is 0 Å². The predicted octanol–water partition coefficient (Wildman–Crippen LogP) is 1.99. The van der Waals surface area contributed by atoms with Crippen LogP contribution >= 0.6 is 0 Å². The Bertz CT molecular complexity index is 459. The molecule has 1 aromatic rings. The van der Waals surface area contributed by atoms with Crippen LogP contribution in [0, 0.1) is 12.5 Å². The highest BCUT2D eigenvalue weighted by Gasteiger charge is 2.29. The van der Waals surface area contributed by atoms with E-state index >= 15 is 0 Å². The first kappa shape index (κ1) is 10.7. The van der Waals surface area contributed by atoms with E-state index in [2.05, 4.69) is 4.85 Å². The molecule has 0 saturated heterocycles. The third-order valence-electron chi connectivity index (χ3n) is 3.07. The molecule has 3 nitrogen and oxygen atoms in total. The van der Waals surface area contributed by atoms with Gasteiger partial charge in [0.15, 0.2) is 0 Å². The van der Waals surface area contributed by atoms with E-state index in [0.717, 1.165) is 12.0 Å². The van der Waals surface area contributed by atoms with Crippen LogP contribution in [0.25, 0.3) is 4.85 Å². The number of benzene rings is 1. The fourth-order valence-corrected chi connectivity index (χ4v) is 2.29. The van der Waals surface area contributed by atoms with Crippen molar-refractivity contribution in [1.29, 1.82) is 0 Å². The summed E-state index contributed by atoms with van der Waals surface area (Å²) >= 11 is 0. The molecule has 2 rings (SSSR count). The fraction of sp³-hybridized carbons (Fsp3) is 0.385. The maximum Gasteiger partial charge on any atom is 0.309 e. The monoisotopic (exact) mass is 215 g/mol. The molecule has 0 aromatic heterocycles. The lowest BCUT2D eigenvalue weighted by Crippen LogP contribution is -2.16. The molecule has 0 radical (unpaired) electrons. The number of nitrogens with zero attached hydrogens (tertiary/aromatic N) is 1. The predicted molar refractivity (Wildman–Crippen MR) is 59.7 cm³/mol. The minimum Gasteiger partial charge on any atom is -0.469 e. The Morgan fingerprint density at radius 2 is 2.38 bits per heavy atom. The lowest BCUT2D eigenvalue weighted by molar-refractivity contribution is -0.145. The van der Waals surface area contributed by atoms with Crippen LogP contribution in [0.1, 0.15) is 16.7 Å². The second-order valence-corrected chi connectivity index (χ2v) is 4.00. The molecule has 1 aliphatic carbocycles. The molecule has 16 heavy (non-hydrogen) atoms. The van der Waals surface area contributed by atoms with Crippen molar-refractivity contribution in [2.75, 3.05) is 7.11 Å². The number of hydrogen-bond donors (Lipinski definition) is 0. The molecule has 0 amide bonds. The summed E-state index contributed by atoms with van der Waals surface area (Å²) in [4.78, 5) is 14.9. The van der Waals surface area contributed by atoms with Crippen molar-refractivity contribution >= 4 is 5.97 Å². The molecule has 0 heterocycles. The average Bonchev–Trinajstić information content (AvgIpc) is 2.73. The molecule has 1 aliphatic rings. The first-order valence-electron chi connectivity index (χ1n) is 5.27. The van der Waals surface area contributed by atoms with Crippen LogP contribution in [0.15, 0.2) is 18.2 Å². The largest absolute Gasteiger partial charge is 0.469 e. The second-order valence-electron chi connectivity index (χ2n) is 4.00. The molecule has 0 N–H and O–H groups in total. The van der Waals surface area contributed by atoms with Crippen LogP contribution in [0.5, 0.6) is 0 Å². The number of fused-ring (bicyclic) bond motifs is 1. The van der Waals surface area contributed by atoms with Crippen molar-refractivity contribution in [3.8, 4) is 0 Å². The zero-order valence-electron chi connectivity index (χ0n) is 9.19. The summed E-state index contributed by atoms with van der Waals surface area (Å²) in [5.41, 5.74) is 3.42. The smallest absolute Gasteiger partial charge is 0.309 e. The van der Waals surface area contributed by atoms with Crippen molar-refractivity contribution in [1.82, 2.24) is 0 Å². The summed E-state index contributed by atoms with van der Waals surface area (Å²) in [5.74, 6) is -0.211. The zero-order chi connectivity index (χ0) is 11.5. The summed E-state index contributed by atoms with van der Waals surface area (Å²) in [6.45, 7) is 7.31. The molecule has 0 fully saturated rings. The van der Waals surface area contributed by atoms with Gasteiger partial charge in [0.2, 0.25) is 6.54 Å². The van der Waals surface area contributed by atoms with Gasteiger partial charge < -0.3 is 9.58 Å². The third-order valence-corrected chi connectivity index (χ3v) is 3.07. The van der Waals surface area contributed by atoms with E-state index in [4.69, 9.17) is 11.3 Å². The maximum atomic E-state index is 11.5. The molecule has 0 aliphatic heterocycles. The molecule has 82 valence electrons. The summed E-state index contributed by atoms with van der Waals surface area (Å²) < 4.78 is 4.77. The summed E-state index contributed by atoms with van der Waals surface area (Å²) in [7, 11) is 1.42. The van der Waals surface area contributed by atoms with E-state index < -0.39 is 0 Å². The van der Waals surface area contributed by atoms with Crippen molar-refractivity contribution < 1.29 is 9.53 Å². The van der Waals surface area contributed by atoms with Crippen LogP contribution in [0.3, 0.4) is 0 Å². The van der Waals surface area contributed by atoms with Crippen LogP contribution in [0.4, 0.5) is 0 Å². The lowest BCUT2D eigenvalue weighted by atomic mass is 10.0. The number of carbonyl (C=O) groups excluding carboxylic acids is 1. The summed E-state index contributed by atoms with van der Waals surface area (Å²) in [6, 6.07) is 5.96. The Labute approximate surface area is 94.9 Å². The molecular formula is C13H13NO2. The van der Waals surface area contributed by atoms with E-state index in [-0.39, 0.29) is 11.9 Å². The van der Waals surface area contributed by atoms with E-state index in [1.54, 1.807) is 0 Å². The van der Waals surface area contributed by atoms with Gasteiger partial charge >= 0.3 is 5.97 Å². The van der Waals surface area contributed by atoms with Gasteiger partial charge in [-0.25, -0.2) is 6.57 Å². The van der Waals surface area contributed by atoms with Gasteiger partial charge in [0.25, 0.3) is 0 Å². The first-order chi connectivity index (χ1) is 7.76. The molecule has 1 atom stereocenters. The Kier molecular flexibility index (Phi) is 2.91. The molecule has 0 bridgehead atoms. The van der Waals surface area contributed by atoms with Gasteiger partial charge in [-0.05, 0) is 24.0 Å². The van der Waals surface area contributed by atoms with E-state index in [1.807, 2.05) is 18.2 Å². The molecule has 1 unspecified atom stereocenters. The number of rotatable bonds is 2. The quantitative estimate of drug-likeness (QED) is 0.558. The van der Waals surface area contributed by atoms with Crippen molar-refractivity contribution in [2.45, 2.75) is 19.4 Å². The van der Waals surface area contributed by atoms with Crippen molar-refractivity contribution in [3.05, 3.63) is 46.3 Å². The van der Waals surface area contributed by atoms with Crippen molar-refractivity contribution in [2.24, 2.45) is 5.92 Å². The number of carbonyl (C=O) groups is 1. The number of hydrogen-bond acceptors (Lipinski definition) is 2.